The van der Waals surface area contributed by atoms with Gasteiger partial charge in [-0.2, -0.15) is 8.78 Å². The molecule has 0 heterocycles. The Morgan fingerprint density at radius 1 is 1.37 bits per heavy atom. The molecule has 0 aliphatic carbocycles. The number of ether oxygens (including phenoxy) is 1. The average molecular weight is 285 g/mol. The van der Waals surface area contributed by atoms with Crippen LogP contribution in [0, 0.1) is 0 Å². The summed E-state index contributed by atoms with van der Waals surface area (Å²) in [7, 11) is 0. The fraction of sp³-hybridized carbons (Fsp3) is 0.846. The molecule has 0 rings (SSSR count). The van der Waals surface area contributed by atoms with Gasteiger partial charge in [-0.15, -0.1) is 6.58 Å². The zero-order chi connectivity index (χ0) is 14.7. The summed E-state index contributed by atoms with van der Waals surface area (Å²) in [6.45, 7) is 5.10. The van der Waals surface area contributed by atoms with Gasteiger partial charge in [-0.3, -0.25) is 0 Å². The van der Waals surface area contributed by atoms with E-state index in [1.54, 1.807) is 6.08 Å². The Kier molecular flexibility index (Phi) is 9.87. The number of halogens is 4. The monoisotopic (exact) mass is 285 g/mol. The van der Waals surface area contributed by atoms with E-state index in [1.165, 1.54) is 0 Å². The number of nitrogens with one attached hydrogen (secondary N) is 1. The molecule has 19 heavy (non-hydrogen) atoms. The normalized spacial score (nSPS) is 13.8. The van der Waals surface area contributed by atoms with Gasteiger partial charge in [0.2, 0.25) is 0 Å². The van der Waals surface area contributed by atoms with Crippen molar-refractivity contribution < 1.29 is 22.3 Å². The highest BCUT2D eigenvalue weighted by molar-refractivity contribution is 4.73. The molecule has 2 nitrogen and oxygen atoms in total. The second-order valence-corrected chi connectivity index (χ2v) is 4.45. The molecule has 0 spiro atoms. The second-order valence-electron chi connectivity index (χ2n) is 4.45. The van der Waals surface area contributed by atoms with E-state index in [4.69, 9.17) is 4.74 Å². The van der Waals surface area contributed by atoms with E-state index in [9.17, 15) is 17.6 Å². The van der Waals surface area contributed by atoms with Crippen molar-refractivity contribution >= 4 is 0 Å². The van der Waals surface area contributed by atoms with Gasteiger partial charge in [-0.1, -0.05) is 13.0 Å². The Labute approximate surface area is 112 Å². The number of alkyl halides is 4. The minimum Gasteiger partial charge on any atom is -0.373 e. The lowest BCUT2D eigenvalue weighted by Gasteiger charge is -2.21. The fourth-order valence-corrected chi connectivity index (χ4v) is 1.50. The van der Waals surface area contributed by atoms with Crippen LogP contribution in [0.5, 0.6) is 0 Å². The molecule has 1 atom stereocenters. The predicted molar refractivity (Wildman–Crippen MR) is 67.9 cm³/mol. The van der Waals surface area contributed by atoms with E-state index in [-0.39, 0.29) is 12.6 Å². The molecule has 0 radical (unpaired) electrons. The minimum atomic E-state index is -4.07. The molecule has 0 aliphatic heterocycles. The number of allylic oxidation sites excluding steroid dienone is 1. The number of rotatable bonds is 12. The van der Waals surface area contributed by atoms with Crippen molar-refractivity contribution in [3.05, 3.63) is 12.7 Å². The molecule has 1 unspecified atom stereocenters. The quantitative estimate of drug-likeness (QED) is 0.336. The maximum Gasteiger partial charge on any atom is 0.330 e. The number of hydrogen-bond donors (Lipinski definition) is 1. The molecule has 0 aromatic heterocycles. The molecule has 0 aromatic carbocycles. The van der Waals surface area contributed by atoms with Crippen LogP contribution >= 0.6 is 0 Å². The molecule has 0 amide bonds. The van der Waals surface area contributed by atoms with Crippen molar-refractivity contribution in [2.24, 2.45) is 0 Å². The summed E-state index contributed by atoms with van der Waals surface area (Å²) in [5.41, 5.74) is 0. The van der Waals surface area contributed by atoms with Crippen LogP contribution in [0.15, 0.2) is 12.7 Å². The highest BCUT2D eigenvalue weighted by atomic mass is 19.3. The first-order valence-electron chi connectivity index (χ1n) is 6.52. The van der Waals surface area contributed by atoms with E-state index in [0.29, 0.717) is 0 Å². The molecule has 1 N–H and O–H groups in total. The van der Waals surface area contributed by atoms with Crippen LogP contribution in [0.2, 0.25) is 0 Å². The van der Waals surface area contributed by atoms with E-state index in [2.05, 4.69) is 11.9 Å². The van der Waals surface area contributed by atoms with Crippen LogP contribution < -0.4 is 5.32 Å². The smallest absolute Gasteiger partial charge is 0.330 e. The molecule has 6 heteroatoms. The first kappa shape index (κ1) is 18.4. The largest absolute Gasteiger partial charge is 0.373 e. The summed E-state index contributed by atoms with van der Waals surface area (Å²) in [6.07, 6.45) is 1.44. The van der Waals surface area contributed by atoms with Crippen LogP contribution in [0.4, 0.5) is 17.6 Å². The van der Waals surface area contributed by atoms with Crippen LogP contribution in [0.1, 0.15) is 32.6 Å². The summed E-state index contributed by atoms with van der Waals surface area (Å²) in [6, 6.07) is -0.0895. The number of hydrogen-bond acceptors (Lipinski definition) is 2. The Balaban J connectivity index is 3.99. The zero-order valence-corrected chi connectivity index (χ0v) is 11.3. The van der Waals surface area contributed by atoms with Gasteiger partial charge in [0, 0.05) is 6.04 Å². The Morgan fingerprint density at radius 2 is 2.05 bits per heavy atom. The lowest BCUT2D eigenvalue weighted by Crippen LogP contribution is -2.38. The van der Waals surface area contributed by atoms with Crippen molar-refractivity contribution in [2.75, 3.05) is 19.8 Å². The third-order valence-corrected chi connectivity index (χ3v) is 2.58. The van der Waals surface area contributed by atoms with Gasteiger partial charge in [0.05, 0.1) is 6.61 Å². The van der Waals surface area contributed by atoms with E-state index < -0.39 is 19.0 Å². The lowest BCUT2D eigenvalue weighted by molar-refractivity contribution is -0.167. The van der Waals surface area contributed by atoms with Gasteiger partial charge in [0.1, 0.15) is 6.61 Å². The van der Waals surface area contributed by atoms with Gasteiger partial charge in [0.15, 0.2) is 0 Å². The van der Waals surface area contributed by atoms with E-state index in [1.807, 2.05) is 6.92 Å². The summed E-state index contributed by atoms with van der Waals surface area (Å²) >= 11 is 0. The molecule has 0 bridgehead atoms. The van der Waals surface area contributed by atoms with Gasteiger partial charge in [-0.25, -0.2) is 8.78 Å². The summed E-state index contributed by atoms with van der Waals surface area (Å²) in [5.74, 6) is -4.07. The Morgan fingerprint density at radius 3 is 2.58 bits per heavy atom. The van der Waals surface area contributed by atoms with Gasteiger partial charge < -0.3 is 10.1 Å². The van der Waals surface area contributed by atoms with Crippen molar-refractivity contribution in [2.45, 2.75) is 51.0 Å². The fourth-order valence-electron chi connectivity index (χ4n) is 1.50. The second kappa shape index (κ2) is 10.2. The van der Waals surface area contributed by atoms with Crippen LogP contribution in [0.3, 0.4) is 0 Å². The first-order chi connectivity index (χ1) is 8.94. The standard InChI is InChI=1S/C13H23F4NO/c1-3-5-6-7-11(18-8-4-2)9-19-10-13(16,17)12(14)15/h3,11-12,18H,1,4-10H2,2H3. The molecular weight excluding hydrogens is 262 g/mol. The number of unbranched alkanes of at least 4 members (excludes halogenated alkanes) is 1. The topological polar surface area (TPSA) is 21.3 Å². The lowest BCUT2D eigenvalue weighted by atomic mass is 10.1. The van der Waals surface area contributed by atoms with Crippen LogP contribution in [-0.4, -0.2) is 38.1 Å². The van der Waals surface area contributed by atoms with E-state index >= 15 is 0 Å². The Hall–Kier alpha value is -0.620. The van der Waals surface area contributed by atoms with Gasteiger partial charge >= 0.3 is 12.3 Å². The summed E-state index contributed by atoms with van der Waals surface area (Å²) < 4.78 is 53.9. The molecule has 114 valence electrons. The SMILES string of the molecule is C=CCCCC(COCC(F)(F)C(F)F)NCCC. The van der Waals surface area contributed by atoms with Crippen LogP contribution in [-0.2, 0) is 4.74 Å². The maximum absolute atomic E-state index is 12.6. The molecule has 0 aromatic rings. The molecule has 0 fully saturated rings. The zero-order valence-electron chi connectivity index (χ0n) is 11.3. The van der Waals surface area contributed by atoms with Gasteiger partial charge in [-0.05, 0) is 32.2 Å². The van der Waals surface area contributed by atoms with Gasteiger partial charge in [0.25, 0.3) is 0 Å². The predicted octanol–water partition coefficient (Wildman–Crippen LogP) is 3.63. The molecule has 0 aliphatic rings. The van der Waals surface area contributed by atoms with Crippen molar-refractivity contribution in [1.29, 1.82) is 0 Å². The third kappa shape index (κ3) is 8.99. The average Bonchev–Trinajstić information content (AvgIpc) is 2.35. The minimum absolute atomic E-state index is 0.0133. The molecule has 0 saturated carbocycles. The van der Waals surface area contributed by atoms with Crippen molar-refractivity contribution in [1.82, 2.24) is 5.32 Å². The first-order valence-corrected chi connectivity index (χ1v) is 6.52. The van der Waals surface area contributed by atoms with Crippen LogP contribution in [0.25, 0.3) is 0 Å². The van der Waals surface area contributed by atoms with Crippen molar-refractivity contribution in [3.8, 4) is 0 Å². The van der Waals surface area contributed by atoms with E-state index in [0.717, 1.165) is 32.2 Å². The highest BCUT2D eigenvalue weighted by Gasteiger charge is 2.41. The summed E-state index contributed by atoms with van der Waals surface area (Å²) in [5, 5.41) is 3.15. The molecular formula is C13H23F4NO. The Bertz CT molecular complexity index is 237. The summed E-state index contributed by atoms with van der Waals surface area (Å²) in [4.78, 5) is 0. The van der Waals surface area contributed by atoms with Crippen molar-refractivity contribution in [3.63, 3.8) is 0 Å². The molecule has 0 saturated heterocycles. The third-order valence-electron chi connectivity index (χ3n) is 2.58. The maximum atomic E-state index is 12.6. The highest BCUT2D eigenvalue weighted by Crippen LogP contribution is 2.22.